The fraction of sp³-hybridized carbons (Fsp3) is 0.241. The predicted molar refractivity (Wildman–Crippen MR) is 146 cm³/mol. The average molecular weight is 594 g/mol. The van der Waals surface area contributed by atoms with Crippen LogP contribution in [0, 0.1) is 28.4 Å². The minimum atomic E-state index is -3.14. The summed E-state index contributed by atoms with van der Waals surface area (Å²) in [5.74, 6) is -9.33. The van der Waals surface area contributed by atoms with E-state index in [1.807, 2.05) is 0 Å². The number of aromatic hydroxyl groups is 1. The van der Waals surface area contributed by atoms with Crippen molar-refractivity contribution < 1.29 is 43.6 Å². The number of benzene rings is 2. The van der Waals surface area contributed by atoms with E-state index >= 15 is 0 Å². The lowest BCUT2D eigenvalue weighted by atomic mass is 9.45. The van der Waals surface area contributed by atoms with Crippen molar-refractivity contribution in [3.05, 3.63) is 81.6 Å². The summed E-state index contributed by atoms with van der Waals surface area (Å²) in [7, 11) is 2.56. The molecule has 3 aliphatic carbocycles. The number of aliphatic hydroxyl groups excluding tert-OH is 3. The highest BCUT2D eigenvalue weighted by atomic mass is 19.1. The molecule has 43 heavy (non-hydrogen) atoms. The lowest BCUT2D eigenvalue weighted by Crippen LogP contribution is -2.86. The van der Waals surface area contributed by atoms with Crippen molar-refractivity contribution in [2.75, 3.05) is 14.1 Å². The van der Waals surface area contributed by atoms with Gasteiger partial charge in [0.2, 0.25) is 0 Å². The molecule has 12 nitrogen and oxygen atoms in total. The first-order chi connectivity index (χ1) is 20.0. The summed E-state index contributed by atoms with van der Waals surface area (Å²) < 4.78 is 28.4. The molecule has 14 heteroatoms. The number of fused-ring (bicyclic) bond motifs is 3. The number of nitrogens with zero attached hydrogens (tertiary/aromatic N) is 2. The van der Waals surface area contributed by atoms with Crippen LogP contribution in [-0.4, -0.2) is 80.1 Å². The van der Waals surface area contributed by atoms with E-state index in [0.717, 1.165) is 29.2 Å². The van der Waals surface area contributed by atoms with Gasteiger partial charge in [0, 0.05) is 6.07 Å². The normalized spacial score (nSPS) is 31.1. The third-order valence-corrected chi connectivity index (χ3v) is 8.43. The van der Waals surface area contributed by atoms with E-state index in [-0.39, 0.29) is 16.7 Å². The van der Waals surface area contributed by atoms with Crippen molar-refractivity contribution in [3.63, 3.8) is 0 Å². The van der Waals surface area contributed by atoms with Crippen LogP contribution in [0.5, 0.6) is 5.75 Å². The predicted octanol–water partition coefficient (Wildman–Crippen LogP) is 0.153. The minimum absolute atomic E-state index is 0.102. The maximum Gasteiger partial charge on any atom is 0.255 e. The molecule has 1 amide bonds. The van der Waals surface area contributed by atoms with Gasteiger partial charge in [0.25, 0.3) is 5.91 Å². The molecule has 0 bridgehead atoms. The number of primary amides is 1. The van der Waals surface area contributed by atoms with Crippen LogP contribution in [0.15, 0.2) is 53.3 Å². The first-order valence-electron chi connectivity index (χ1n) is 12.6. The van der Waals surface area contributed by atoms with Gasteiger partial charge >= 0.3 is 0 Å². The van der Waals surface area contributed by atoms with Crippen LogP contribution in [0.2, 0.25) is 0 Å². The number of likely N-dealkylation sites (N-methyl/N-ethyl adjacent to an activating group) is 1. The van der Waals surface area contributed by atoms with Crippen molar-refractivity contribution in [2.45, 2.75) is 23.2 Å². The number of halogens is 2. The molecule has 0 spiro atoms. The standard InChI is InChI=1S/C29H25F2N5O7/c1-36(2)22-21(39)18(25(33)42)23(40)27(10-32)24(41)19-20(38)17-14(4-3-5-16(17)37)15(28(19,34)26(43)29(22,27)35)8-11-6-12(30)9-13(31)7-11/h3-9,22,26,37-38,40,43H,34-35H2,1-2H3,(H2,33,42)/b15-8+/t22-,26+,27+,28+,29+/m1/s1. The van der Waals surface area contributed by atoms with Crippen LogP contribution in [0.3, 0.4) is 0 Å². The van der Waals surface area contributed by atoms with Crippen LogP contribution in [-0.2, 0) is 14.4 Å². The third kappa shape index (κ3) is 3.44. The number of nitrogens with two attached hydrogens (primary N) is 3. The van der Waals surface area contributed by atoms with Crippen LogP contribution in [0.4, 0.5) is 8.78 Å². The van der Waals surface area contributed by atoms with Gasteiger partial charge in [0.1, 0.15) is 51.7 Å². The SMILES string of the molecule is CN(C)[C@@H]1C(=O)C(C(N)=O)=C(O)[C@@]2(C#N)C(=O)C3=C(O)c4c(O)cccc4/C(=C\c4cc(F)cc(F)c4)[C@@]3(N)[C@H](O)[C@@]12N. The molecule has 0 unspecified atom stereocenters. The Kier molecular flexibility index (Phi) is 6.38. The molecule has 3 aliphatic rings. The Morgan fingerprint density at radius 3 is 2.23 bits per heavy atom. The van der Waals surface area contributed by atoms with Gasteiger partial charge in [-0.1, -0.05) is 12.1 Å². The number of Topliss-reactive ketones (excluding diaryl/α,β-unsaturated/α-hetero) is 2. The zero-order valence-corrected chi connectivity index (χ0v) is 22.6. The number of rotatable bonds is 3. The van der Waals surface area contributed by atoms with Gasteiger partial charge in [-0.2, -0.15) is 5.26 Å². The molecular weight excluding hydrogens is 568 g/mol. The molecular formula is C29H25F2N5O7. The van der Waals surface area contributed by atoms with Gasteiger partial charge in [0.05, 0.1) is 23.2 Å². The smallest absolute Gasteiger partial charge is 0.255 e. The Morgan fingerprint density at radius 1 is 1.09 bits per heavy atom. The number of carbonyl (C=O) groups excluding carboxylic acids is 3. The van der Waals surface area contributed by atoms with E-state index in [2.05, 4.69) is 0 Å². The van der Waals surface area contributed by atoms with Crippen molar-refractivity contribution >= 4 is 34.9 Å². The number of hydrogen-bond acceptors (Lipinski definition) is 11. The number of hydrogen-bond donors (Lipinski definition) is 7. The van der Waals surface area contributed by atoms with Gasteiger partial charge in [-0.25, -0.2) is 8.78 Å². The second-order valence-electron chi connectivity index (χ2n) is 10.9. The summed E-state index contributed by atoms with van der Waals surface area (Å²) in [5, 5.41) is 56.2. The molecule has 0 saturated heterocycles. The molecule has 0 radical (unpaired) electrons. The van der Waals surface area contributed by atoms with Gasteiger partial charge in [-0.15, -0.1) is 0 Å². The summed E-state index contributed by atoms with van der Waals surface area (Å²) in [6, 6.07) is 5.83. The molecule has 1 fully saturated rings. The molecule has 5 atom stereocenters. The Morgan fingerprint density at radius 2 is 1.70 bits per heavy atom. The molecule has 0 aromatic heterocycles. The number of ketones is 2. The van der Waals surface area contributed by atoms with Crippen molar-refractivity contribution in [3.8, 4) is 11.8 Å². The second-order valence-corrected chi connectivity index (χ2v) is 10.9. The average Bonchev–Trinajstić information content (AvgIpc) is 2.89. The fourth-order valence-corrected chi connectivity index (χ4v) is 6.69. The number of phenolic OH excluding ortho intramolecular Hbond substituents is 1. The maximum atomic E-state index is 14.6. The number of carbonyl (C=O) groups is 3. The molecule has 10 N–H and O–H groups in total. The highest BCUT2D eigenvalue weighted by Gasteiger charge is 2.79. The molecule has 5 rings (SSSR count). The van der Waals surface area contributed by atoms with Crippen LogP contribution in [0.25, 0.3) is 17.4 Å². The van der Waals surface area contributed by atoms with E-state index in [4.69, 9.17) is 17.2 Å². The Bertz CT molecular complexity index is 1790. The van der Waals surface area contributed by atoms with Crippen molar-refractivity contribution in [2.24, 2.45) is 22.6 Å². The molecule has 2 aromatic carbocycles. The van der Waals surface area contributed by atoms with Crippen molar-refractivity contribution in [1.29, 1.82) is 5.26 Å². The van der Waals surface area contributed by atoms with E-state index in [0.29, 0.717) is 6.07 Å². The van der Waals surface area contributed by atoms with E-state index in [1.54, 1.807) is 6.07 Å². The largest absolute Gasteiger partial charge is 0.509 e. The number of nitriles is 1. The molecule has 1 saturated carbocycles. The van der Waals surface area contributed by atoms with Gasteiger partial charge < -0.3 is 37.6 Å². The first kappa shape index (κ1) is 29.5. The highest BCUT2D eigenvalue weighted by molar-refractivity contribution is 6.27. The highest BCUT2D eigenvalue weighted by Crippen LogP contribution is 2.61. The molecule has 2 aromatic rings. The lowest BCUT2D eigenvalue weighted by Gasteiger charge is -2.61. The van der Waals surface area contributed by atoms with E-state index in [9.17, 15) is 48.9 Å². The second kappa shape index (κ2) is 9.28. The van der Waals surface area contributed by atoms with Gasteiger partial charge in [0.15, 0.2) is 17.0 Å². The lowest BCUT2D eigenvalue weighted by molar-refractivity contribution is -0.149. The van der Waals surface area contributed by atoms with Gasteiger partial charge in [-0.05, 0) is 55.1 Å². The van der Waals surface area contributed by atoms with Crippen LogP contribution in [0.1, 0.15) is 16.7 Å². The van der Waals surface area contributed by atoms with E-state index < -0.39 is 91.7 Å². The zero-order chi connectivity index (χ0) is 32.0. The van der Waals surface area contributed by atoms with Crippen molar-refractivity contribution in [1.82, 2.24) is 4.90 Å². The maximum absolute atomic E-state index is 14.6. The summed E-state index contributed by atoms with van der Waals surface area (Å²) in [6.07, 6.45) is -1.35. The molecule has 0 heterocycles. The first-order valence-corrected chi connectivity index (χ1v) is 12.6. The number of phenols is 1. The zero-order valence-electron chi connectivity index (χ0n) is 22.6. The number of aliphatic hydroxyl groups is 3. The summed E-state index contributed by atoms with van der Waals surface area (Å²) >= 11 is 0. The van der Waals surface area contributed by atoms with Crippen LogP contribution < -0.4 is 17.2 Å². The summed E-state index contributed by atoms with van der Waals surface area (Å²) in [6.45, 7) is 0. The molecule has 0 aliphatic heterocycles. The van der Waals surface area contributed by atoms with Crippen LogP contribution >= 0.6 is 0 Å². The Labute approximate surface area is 242 Å². The number of amides is 1. The third-order valence-electron chi connectivity index (χ3n) is 8.43. The Balaban J connectivity index is 2.00. The summed E-state index contributed by atoms with van der Waals surface area (Å²) in [4.78, 5) is 41.6. The Hall–Kier alpha value is -4.94. The molecule has 222 valence electrons. The topological polar surface area (TPSA) is 237 Å². The monoisotopic (exact) mass is 593 g/mol. The quantitative estimate of drug-likeness (QED) is 0.236. The van der Waals surface area contributed by atoms with E-state index in [1.165, 1.54) is 26.2 Å². The van der Waals surface area contributed by atoms with Gasteiger partial charge in [-0.3, -0.25) is 19.3 Å². The minimum Gasteiger partial charge on any atom is -0.509 e. The fourth-order valence-electron chi connectivity index (χ4n) is 6.69. The summed E-state index contributed by atoms with van der Waals surface area (Å²) in [5.41, 5.74) is 7.25.